The van der Waals surface area contributed by atoms with E-state index in [4.69, 9.17) is 9.47 Å². The average Bonchev–Trinajstić information content (AvgIpc) is 3.06. The molecule has 4 rings (SSSR count). The first-order valence-corrected chi connectivity index (χ1v) is 10.3. The van der Waals surface area contributed by atoms with Crippen LogP contribution in [0, 0.1) is 0 Å². The molecule has 1 aliphatic heterocycles. The summed E-state index contributed by atoms with van der Waals surface area (Å²) in [7, 11) is 1.64. The fraction of sp³-hybridized carbons (Fsp3) is 0.263. The first-order valence-electron chi connectivity index (χ1n) is 8.22. The molecule has 0 N–H and O–H groups in total. The Labute approximate surface area is 159 Å². The van der Waals surface area contributed by atoms with Crippen LogP contribution in [0.5, 0.6) is 10.9 Å². The van der Waals surface area contributed by atoms with Gasteiger partial charge in [0.05, 0.1) is 30.5 Å². The van der Waals surface area contributed by atoms with Gasteiger partial charge in [0.2, 0.25) is 0 Å². The molecule has 1 saturated heterocycles. The number of hydrogen-bond donors (Lipinski definition) is 0. The van der Waals surface area contributed by atoms with Crippen molar-refractivity contribution in [2.24, 2.45) is 0 Å². The Morgan fingerprint density at radius 3 is 2.81 bits per heavy atom. The SMILES string of the molecule is COc1cccc2sc(OC3CN(C(=O)c4ccccc4SC)C3)nc12. The summed E-state index contributed by atoms with van der Waals surface area (Å²) >= 11 is 3.08. The third kappa shape index (κ3) is 3.12. The molecule has 1 aromatic heterocycles. The largest absolute Gasteiger partial charge is 0.494 e. The number of benzene rings is 2. The summed E-state index contributed by atoms with van der Waals surface area (Å²) in [5.41, 5.74) is 1.57. The fourth-order valence-corrected chi connectivity index (χ4v) is 4.42. The van der Waals surface area contributed by atoms with Crippen LogP contribution in [-0.4, -0.2) is 48.4 Å². The van der Waals surface area contributed by atoms with Gasteiger partial charge in [-0.2, -0.15) is 4.98 Å². The molecule has 26 heavy (non-hydrogen) atoms. The quantitative estimate of drug-likeness (QED) is 0.622. The second-order valence-electron chi connectivity index (χ2n) is 5.94. The molecule has 0 bridgehead atoms. The van der Waals surface area contributed by atoms with Crippen LogP contribution in [0.4, 0.5) is 0 Å². The number of hydrogen-bond acceptors (Lipinski definition) is 6. The van der Waals surface area contributed by atoms with Crippen molar-refractivity contribution in [3.63, 3.8) is 0 Å². The normalized spacial score (nSPS) is 14.3. The number of aromatic nitrogens is 1. The summed E-state index contributed by atoms with van der Waals surface area (Å²) in [6.45, 7) is 1.16. The topological polar surface area (TPSA) is 51.7 Å². The van der Waals surface area contributed by atoms with Crippen molar-refractivity contribution in [2.75, 3.05) is 26.5 Å². The van der Waals surface area contributed by atoms with E-state index < -0.39 is 0 Å². The van der Waals surface area contributed by atoms with E-state index in [1.165, 1.54) is 11.3 Å². The summed E-state index contributed by atoms with van der Waals surface area (Å²) in [6, 6.07) is 13.5. The van der Waals surface area contributed by atoms with Crippen molar-refractivity contribution in [3.05, 3.63) is 48.0 Å². The molecule has 3 aromatic rings. The Bertz CT molecular complexity index is 951. The van der Waals surface area contributed by atoms with Gasteiger partial charge in [-0.15, -0.1) is 11.8 Å². The number of ether oxygens (including phenoxy) is 2. The van der Waals surface area contributed by atoms with Crippen LogP contribution in [0.15, 0.2) is 47.4 Å². The van der Waals surface area contributed by atoms with Gasteiger partial charge in [0, 0.05) is 4.90 Å². The van der Waals surface area contributed by atoms with Gasteiger partial charge in [-0.3, -0.25) is 4.79 Å². The zero-order valence-corrected chi connectivity index (χ0v) is 16.1. The van der Waals surface area contributed by atoms with Gasteiger partial charge in [-0.1, -0.05) is 29.5 Å². The van der Waals surface area contributed by atoms with Crippen molar-refractivity contribution in [1.29, 1.82) is 0 Å². The highest BCUT2D eigenvalue weighted by molar-refractivity contribution is 7.98. The predicted molar refractivity (Wildman–Crippen MR) is 105 cm³/mol. The molecule has 1 aliphatic rings. The minimum atomic E-state index is -0.0213. The molecule has 1 fully saturated rings. The van der Waals surface area contributed by atoms with Gasteiger partial charge in [0.1, 0.15) is 17.4 Å². The van der Waals surface area contributed by atoms with E-state index in [2.05, 4.69) is 4.98 Å². The van der Waals surface area contributed by atoms with Gasteiger partial charge >= 0.3 is 0 Å². The zero-order chi connectivity index (χ0) is 18.1. The van der Waals surface area contributed by atoms with E-state index in [0.29, 0.717) is 18.3 Å². The van der Waals surface area contributed by atoms with Crippen LogP contribution in [0.2, 0.25) is 0 Å². The third-order valence-corrected chi connectivity index (χ3v) is 6.03. The van der Waals surface area contributed by atoms with E-state index in [-0.39, 0.29) is 12.0 Å². The van der Waals surface area contributed by atoms with E-state index in [1.807, 2.05) is 53.6 Å². The first kappa shape index (κ1) is 17.2. The van der Waals surface area contributed by atoms with Crippen molar-refractivity contribution < 1.29 is 14.3 Å². The Morgan fingerprint density at radius 1 is 1.23 bits per heavy atom. The Kier molecular flexibility index (Phi) is 4.74. The molecule has 134 valence electrons. The van der Waals surface area contributed by atoms with Crippen LogP contribution < -0.4 is 9.47 Å². The molecule has 0 atom stereocenters. The number of thiazole rings is 1. The van der Waals surface area contributed by atoms with Crippen LogP contribution in [0.25, 0.3) is 10.2 Å². The number of likely N-dealkylation sites (tertiary alicyclic amines) is 1. The molecule has 0 spiro atoms. The number of rotatable bonds is 5. The van der Waals surface area contributed by atoms with Crippen LogP contribution in [0.1, 0.15) is 10.4 Å². The smallest absolute Gasteiger partial charge is 0.274 e. The maximum absolute atomic E-state index is 12.7. The molecule has 2 aromatic carbocycles. The van der Waals surface area contributed by atoms with Gasteiger partial charge in [0.15, 0.2) is 0 Å². The summed E-state index contributed by atoms with van der Waals surface area (Å²) in [4.78, 5) is 20.0. The van der Waals surface area contributed by atoms with E-state index >= 15 is 0 Å². The molecule has 7 heteroatoms. The maximum atomic E-state index is 12.7. The average molecular weight is 386 g/mol. The minimum Gasteiger partial charge on any atom is -0.494 e. The monoisotopic (exact) mass is 386 g/mol. The number of thioether (sulfide) groups is 1. The molecule has 5 nitrogen and oxygen atoms in total. The molecule has 0 radical (unpaired) electrons. The van der Waals surface area contributed by atoms with Gasteiger partial charge in [-0.05, 0) is 30.5 Å². The lowest BCUT2D eigenvalue weighted by molar-refractivity contribution is 0.0175. The summed E-state index contributed by atoms with van der Waals surface area (Å²) in [5.74, 6) is 0.799. The molecule has 0 saturated carbocycles. The number of methoxy groups -OCH3 is 1. The highest BCUT2D eigenvalue weighted by Gasteiger charge is 2.34. The van der Waals surface area contributed by atoms with Crippen molar-refractivity contribution in [3.8, 4) is 10.9 Å². The summed E-state index contributed by atoms with van der Waals surface area (Å²) in [6.07, 6.45) is 1.96. The van der Waals surface area contributed by atoms with Crippen molar-refractivity contribution in [2.45, 2.75) is 11.0 Å². The number of nitrogens with zero attached hydrogens (tertiary/aromatic N) is 2. The molecular weight excluding hydrogens is 368 g/mol. The highest BCUT2D eigenvalue weighted by atomic mass is 32.2. The van der Waals surface area contributed by atoms with Gasteiger partial charge in [-0.25, -0.2) is 0 Å². The number of carbonyl (C=O) groups is 1. The summed E-state index contributed by atoms with van der Waals surface area (Å²) < 4.78 is 12.3. The zero-order valence-electron chi connectivity index (χ0n) is 14.5. The first-order chi connectivity index (χ1) is 12.7. The summed E-state index contributed by atoms with van der Waals surface area (Å²) in [5, 5.41) is 0.617. The van der Waals surface area contributed by atoms with Crippen LogP contribution in [-0.2, 0) is 0 Å². The minimum absolute atomic E-state index is 0.0213. The number of fused-ring (bicyclic) bond motifs is 1. The molecular formula is C19H18N2O3S2. The fourth-order valence-electron chi connectivity index (χ4n) is 2.93. The predicted octanol–water partition coefficient (Wildman–Crippen LogP) is 3.93. The lowest BCUT2D eigenvalue weighted by Gasteiger charge is -2.38. The van der Waals surface area contributed by atoms with E-state index in [0.717, 1.165) is 26.4 Å². The maximum Gasteiger partial charge on any atom is 0.274 e. The van der Waals surface area contributed by atoms with E-state index in [9.17, 15) is 4.79 Å². The second-order valence-corrected chi connectivity index (χ2v) is 7.78. The molecule has 0 aliphatic carbocycles. The van der Waals surface area contributed by atoms with Gasteiger partial charge < -0.3 is 14.4 Å². The number of carbonyl (C=O) groups excluding carboxylic acids is 1. The Morgan fingerprint density at radius 2 is 2.04 bits per heavy atom. The molecule has 2 heterocycles. The lowest BCUT2D eigenvalue weighted by atomic mass is 10.1. The van der Waals surface area contributed by atoms with Crippen molar-refractivity contribution >= 4 is 39.2 Å². The third-order valence-electron chi connectivity index (χ3n) is 4.32. The number of para-hydroxylation sites is 1. The Balaban J connectivity index is 1.42. The van der Waals surface area contributed by atoms with Crippen LogP contribution in [0.3, 0.4) is 0 Å². The lowest BCUT2D eigenvalue weighted by Crippen LogP contribution is -2.56. The standard InChI is InChI=1S/C19H18N2O3S2/c1-23-14-7-5-9-16-17(14)20-19(26-16)24-12-10-21(11-12)18(22)13-6-3-4-8-15(13)25-2/h3-9,12H,10-11H2,1-2H3. The van der Waals surface area contributed by atoms with Gasteiger partial charge in [0.25, 0.3) is 11.1 Å². The number of amides is 1. The Hall–Kier alpha value is -2.25. The molecule has 0 unspecified atom stereocenters. The van der Waals surface area contributed by atoms with Crippen molar-refractivity contribution in [1.82, 2.24) is 9.88 Å². The van der Waals surface area contributed by atoms with Crippen LogP contribution >= 0.6 is 23.1 Å². The van der Waals surface area contributed by atoms with E-state index in [1.54, 1.807) is 18.9 Å². The highest BCUT2D eigenvalue weighted by Crippen LogP contribution is 2.34. The second kappa shape index (κ2) is 7.17. The molecule has 1 amide bonds.